The number of piperidine rings is 1. The van der Waals surface area contributed by atoms with Gasteiger partial charge in [-0.2, -0.15) is 0 Å². The number of hydrogen-bond acceptors (Lipinski definition) is 15. The Labute approximate surface area is 704 Å². The zero-order chi connectivity index (χ0) is 88.6. The summed E-state index contributed by atoms with van der Waals surface area (Å²) in [5.41, 5.74) is 2.47. The van der Waals surface area contributed by atoms with Crippen LogP contribution in [0.4, 0.5) is 0 Å². The molecule has 0 aliphatic carbocycles. The van der Waals surface area contributed by atoms with Crippen molar-refractivity contribution in [2.24, 2.45) is 23.7 Å². The molecule has 0 spiro atoms. The predicted octanol–water partition coefficient (Wildman–Crippen LogP) is 4.99. The van der Waals surface area contributed by atoms with Gasteiger partial charge in [0, 0.05) is 102 Å². The van der Waals surface area contributed by atoms with Crippen LogP contribution >= 0.6 is 0 Å². The van der Waals surface area contributed by atoms with E-state index in [1.54, 1.807) is 154 Å². The molecule has 5 N–H and O–H groups in total. The van der Waals surface area contributed by atoms with Crippen molar-refractivity contribution in [1.29, 1.82) is 0 Å². The van der Waals surface area contributed by atoms with E-state index < -0.39 is 174 Å². The minimum absolute atomic E-state index is 0.0383. The first-order valence-corrected chi connectivity index (χ1v) is 41.8. The largest absolute Gasteiger partial charge is 0.391 e. The van der Waals surface area contributed by atoms with Crippen LogP contribution in [0, 0.1) is 23.7 Å². The zero-order valence-electron chi connectivity index (χ0n) is 73.6. The van der Waals surface area contributed by atoms with Crippen LogP contribution < -0.4 is 21.3 Å². The third kappa shape index (κ3) is 26.7. The molecule has 0 radical (unpaired) electrons. The Bertz CT molecular complexity index is 4090. The number of aliphatic hydroxyl groups is 1. The molecule has 6 rings (SSSR count). The van der Waals surface area contributed by atoms with E-state index in [4.69, 9.17) is 0 Å². The zero-order valence-corrected chi connectivity index (χ0v) is 73.6. The number of benzene rings is 4. The van der Waals surface area contributed by atoms with Gasteiger partial charge in [-0.3, -0.25) is 67.1 Å². The minimum Gasteiger partial charge on any atom is -0.391 e. The molecule has 119 heavy (non-hydrogen) atoms. The van der Waals surface area contributed by atoms with Crippen LogP contribution in [-0.2, 0) is 92.8 Å². The Morgan fingerprint density at radius 2 is 0.874 bits per heavy atom. The molecule has 2 aliphatic rings. The first kappa shape index (κ1) is 97.3. The second kappa shape index (κ2) is 45.6. The van der Waals surface area contributed by atoms with Crippen molar-refractivity contribution >= 4 is 82.7 Å². The number of rotatable bonds is 24. The SMILES string of the molecule is CC[C@H](C)[C@@H]1NC(=O)[C@H](Cc2ccccc2)N(C)C(=O)[C@H](C)N(C)C(=O)[C@H](CC(C)C)N(C)C(=O)[C@H](Cc2ccccc2)N(C)C(=O)CN(C)C(=O)C[C@@H](C(=O)N(C)[C@@H](Cc2ccccc2)C(=O)N(C)[C@@H](Cc2ccccc2)C(=O)N[C@@H](C)C(=O)N2CCCCC2)NC(=O)[C@H]([C@@H](C)O)NC(=O)[C@H](CC(C)C)N(C)C(=O)[C@H](CC(C)C)N(C)C1=O. The highest BCUT2D eigenvalue weighted by atomic mass is 16.3. The summed E-state index contributed by atoms with van der Waals surface area (Å²) in [5.74, 6) is -12.2. The van der Waals surface area contributed by atoms with Gasteiger partial charge in [-0.05, 0) is 105 Å². The predicted molar refractivity (Wildman–Crippen MR) is 454 cm³/mol. The lowest BCUT2D eigenvalue weighted by Crippen LogP contribution is -2.63. The molecule has 0 saturated carbocycles. The van der Waals surface area contributed by atoms with E-state index in [0.29, 0.717) is 41.8 Å². The molecule has 29 heteroatoms. The van der Waals surface area contributed by atoms with E-state index in [1.165, 1.54) is 107 Å². The highest BCUT2D eigenvalue weighted by Gasteiger charge is 2.46. The fourth-order valence-electron chi connectivity index (χ4n) is 15.3. The molecule has 0 bridgehead atoms. The summed E-state index contributed by atoms with van der Waals surface area (Å²) < 4.78 is 0. The van der Waals surface area contributed by atoms with Gasteiger partial charge < -0.3 is 75.4 Å². The lowest BCUT2D eigenvalue weighted by atomic mass is 9.94. The number of nitrogens with one attached hydrogen (secondary N) is 4. The van der Waals surface area contributed by atoms with Crippen LogP contribution in [0.1, 0.15) is 150 Å². The van der Waals surface area contributed by atoms with Crippen molar-refractivity contribution in [2.45, 2.75) is 232 Å². The van der Waals surface area contributed by atoms with Crippen molar-refractivity contribution in [1.82, 2.24) is 70.3 Å². The van der Waals surface area contributed by atoms with Crippen LogP contribution in [0.15, 0.2) is 121 Å². The Morgan fingerprint density at radius 1 is 0.462 bits per heavy atom. The van der Waals surface area contributed by atoms with Crippen LogP contribution in [-0.4, -0.2) is 298 Å². The van der Waals surface area contributed by atoms with E-state index in [1.807, 2.05) is 34.6 Å². The molecule has 2 heterocycles. The van der Waals surface area contributed by atoms with Crippen LogP contribution in [0.2, 0.25) is 0 Å². The Morgan fingerprint density at radius 3 is 1.35 bits per heavy atom. The molecule has 29 nitrogen and oxygen atoms in total. The summed E-state index contributed by atoms with van der Waals surface area (Å²) in [5, 5.41) is 22.9. The molecule has 4 aromatic rings. The van der Waals surface area contributed by atoms with E-state index >= 15 is 57.5 Å². The van der Waals surface area contributed by atoms with Crippen LogP contribution in [0.3, 0.4) is 0 Å². The van der Waals surface area contributed by atoms with E-state index in [9.17, 15) is 14.7 Å². The number of carbonyl (C=O) groups excluding carboxylic acids is 14. The molecular formula is C90H132N14O15. The normalized spacial score (nSPS) is 22.9. The van der Waals surface area contributed by atoms with E-state index in [2.05, 4.69) is 21.3 Å². The molecule has 14 amide bonds. The molecule has 0 unspecified atom stereocenters. The molecule has 2 saturated heterocycles. The molecule has 2 aliphatic heterocycles. The molecule has 14 atom stereocenters. The first-order valence-electron chi connectivity index (χ1n) is 41.8. The lowest BCUT2D eigenvalue weighted by molar-refractivity contribution is -0.154. The highest BCUT2D eigenvalue weighted by Crippen LogP contribution is 2.26. The maximum Gasteiger partial charge on any atom is 0.246 e. The van der Waals surface area contributed by atoms with Gasteiger partial charge in [-0.15, -0.1) is 0 Å². The third-order valence-corrected chi connectivity index (χ3v) is 23.3. The van der Waals surface area contributed by atoms with Crippen LogP contribution in [0.5, 0.6) is 0 Å². The second-order valence-corrected chi connectivity index (χ2v) is 33.8. The standard InChI is InChI=1S/C90H132N14O15/c1-21-59(8)77-90(119)103(20)72(49-58(6)7)87(116)99(16)68(47-56(2)3)80(109)94-78(62(11)105)82(111)92-67(85(114)101(18)74(53-66-43-33-25-34-44-66)89(118)100(17)69(50-63-37-27-22-28-38-63)79(108)91-60(9)83(112)104-45-35-26-36-46-104)54-75(106)95(12)55-76(107)97(14)73(52-65-41-31-24-32-42-65)88(117)102(19)71(48-57(4)5)86(115)96(13)61(10)84(113)98(15)70(81(110)93-77)51-64-39-29-23-30-40-64/h22-25,27-34,37-44,56-62,67-74,77-78,105H,21,26,35-36,45-55H2,1-20H3,(H,91,108)(H,92,111)(H,93,110)(H,94,109)/t59-,60-,61-,62+,67-,68-,69-,70-,71-,72-,73-,74-,77-,78-/m0/s1. The lowest BCUT2D eigenvalue weighted by Gasteiger charge is -2.39. The smallest absolute Gasteiger partial charge is 0.246 e. The Balaban J connectivity index is 1.53. The molecule has 4 aromatic carbocycles. The number of carbonyl (C=O) groups is 14. The summed E-state index contributed by atoms with van der Waals surface area (Å²) in [4.78, 5) is 226. The molecule has 2 fully saturated rings. The summed E-state index contributed by atoms with van der Waals surface area (Å²) in [6.07, 6.45) is -0.101. The number of aliphatic hydroxyl groups excluding tert-OH is 1. The van der Waals surface area contributed by atoms with Gasteiger partial charge >= 0.3 is 0 Å². The third-order valence-electron chi connectivity index (χ3n) is 23.3. The summed E-state index contributed by atoms with van der Waals surface area (Å²) in [7, 11) is 12.4. The number of likely N-dealkylation sites (tertiary alicyclic amines) is 1. The molecule has 652 valence electrons. The van der Waals surface area contributed by atoms with Gasteiger partial charge in [-0.25, -0.2) is 0 Å². The molecular weight excluding hydrogens is 1520 g/mol. The topological polar surface area (TPSA) is 340 Å². The average molecular weight is 1650 g/mol. The Kier molecular flexibility index (Phi) is 37.2. The summed E-state index contributed by atoms with van der Waals surface area (Å²) in [6, 6.07) is 18.3. The number of amides is 14. The van der Waals surface area contributed by atoms with Gasteiger partial charge in [0.25, 0.3) is 0 Å². The second-order valence-electron chi connectivity index (χ2n) is 33.8. The minimum atomic E-state index is -1.99. The van der Waals surface area contributed by atoms with E-state index in [-0.39, 0.29) is 68.6 Å². The first-order chi connectivity index (χ1) is 56.1. The fourth-order valence-corrected chi connectivity index (χ4v) is 15.3. The highest BCUT2D eigenvalue weighted by molar-refractivity contribution is 6.01. The maximum absolute atomic E-state index is 16.0. The van der Waals surface area contributed by atoms with Crippen molar-refractivity contribution in [2.75, 3.05) is 83.1 Å². The van der Waals surface area contributed by atoms with Crippen molar-refractivity contribution in [3.8, 4) is 0 Å². The van der Waals surface area contributed by atoms with Gasteiger partial charge in [-0.1, -0.05) is 183 Å². The van der Waals surface area contributed by atoms with Crippen molar-refractivity contribution in [3.63, 3.8) is 0 Å². The maximum atomic E-state index is 16.0. The van der Waals surface area contributed by atoms with E-state index in [0.717, 1.165) is 34.0 Å². The van der Waals surface area contributed by atoms with Gasteiger partial charge in [0.05, 0.1) is 19.1 Å². The van der Waals surface area contributed by atoms with Gasteiger partial charge in [0.1, 0.15) is 72.5 Å². The number of hydrogen-bond donors (Lipinski definition) is 5. The number of nitrogens with zero attached hydrogens (tertiary/aromatic N) is 10. The van der Waals surface area contributed by atoms with Gasteiger partial charge in [0.2, 0.25) is 82.7 Å². The van der Waals surface area contributed by atoms with Crippen molar-refractivity contribution < 1.29 is 72.2 Å². The summed E-state index contributed by atoms with van der Waals surface area (Å²) >= 11 is 0. The Hall–Kier alpha value is -10.6. The fraction of sp³-hybridized carbons (Fsp3) is 0.578. The monoisotopic (exact) mass is 1650 g/mol. The summed E-state index contributed by atoms with van der Waals surface area (Å²) in [6.45, 7) is 19.2. The van der Waals surface area contributed by atoms with Gasteiger partial charge in [0.15, 0.2) is 0 Å². The van der Waals surface area contributed by atoms with Crippen molar-refractivity contribution in [3.05, 3.63) is 144 Å². The van der Waals surface area contributed by atoms with Crippen LogP contribution in [0.25, 0.3) is 0 Å². The number of likely N-dealkylation sites (N-methyl/N-ethyl adjacent to an activating group) is 9. The molecule has 0 aromatic heterocycles. The quantitative estimate of drug-likeness (QED) is 0.0617. The average Bonchev–Trinajstić information content (AvgIpc) is 0.859.